The number of pyridine rings is 1. The topological polar surface area (TPSA) is 12.9 Å². The predicted octanol–water partition coefficient (Wildman–Crippen LogP) is 10.7. The number of hydrogen-bond acceptors (Lipinski definition) is 1. The van der Waals surface area contributed by atoms with Crippen molar-refractivity contribution in [2.75, 3.05) is 0 Å². The van der Waals surface area contributed by atoms with E-state index in [0.717, 1.165) is 11.2 Å². The first-order valence-electron chi connectivity index (χ1n) is 14.3. The molecule has 1 heterocycles. The van der Waals surface area contributed by atoms with Gasteiger partial charge in [0.2, 0.25) is 0 Å². The molecule has 1 heteroatoms. The zero-order valence-electron chi connectivity index (χ0n) is 23.2. The van der Waals surface area contributed by atoms with Crippen molar-refractivity contribution in [2.45, 2.75) is 19.3 Å². The van der Waals surface area contributed by atoms with Crippen molar-refractivity contribution in [3.63, 3.8) is 0 Å². The SMILES string of the molecule is CC1(C)c2ccccc2-c2nc3ccccc3c(-c3ccc(-c4ccc5cc(-c6ccccc6)ccc5c4)cc3)c21. The molecule has 1 aliphatic rings. The Labute approximate surface area is 240 Å². The highest BCUT2D eigenvalue weighted by atomic mass is 14.7. The fraction of sp³-hybridized carbons (Fsp3) is 0.0750. The molecule has 1 nitrogen and oxygen atoms in total. The number of benzene rings is 6. The lowest BCUT2D eigenvalue weighted by Gasteiger charge is -2.25. The molecular weight excluding hydrogens is 494 g/mol. The maximum Gasteiger partial charge on any atom is 0.0759 e. The molecule has 0 fully saturated rings. The van der Waals surface area contributed by atoms with Gasteiger partial charge in [0.1, 0.15) is 0 Å². The summed E-state index contributed by atoms with van der Waals surface area (Å²) in [7, 11) is 0. The maximum atomic E-state index is 5.20. The van der Waals surface area contributed by atoms with Gasteiger partial charge in [-0.2, -0.15) is 0 Å². The first kappa shape index (κ1) is 23.8. The smallest absolute Gasteiger partial charge is 0.0759 e. The Hall–Kier alpha value is -5.01. The summed E-state index contributed by atoms with van der Waals surface area (Å²) in [4.78, 5) is 5.20. The summed E-state index contributed by atoms with van der Waals surface area (Å²) in [6.07, 6.45) is 0. The molecule has 7 aromatic rings. The van der Waals surface area contributed by atoms with Crippen LogP contribution in [-0.4, -0.2) is 4.98 Å². The summed E-state index contributed by atoms with van der Waals surface area (Å²) < 4.78 is 0. The summed E-state index contributed by atoms with van der Waals surface area (Å²) in [6.45, 7) is 4.68. The second-order valence-corrected chi connectivity index (χ2v) is 11.6. The molecule has 0 amide bonds. The lowest BCUT2D eigenvalue weighted by atomic mass is 9.78. The van der Waals surface area contributed by atoms with E-state index in [1.165, 1.54) is 66.2 Å². The highest BCUT2D eigenvalue weighted by molar-refractivity contribution is 6.02. The van der Waals surface area contributed by atoms with Crippen LogP contribution in [-0.2, 0) is 5.41 Å². The molecule has 0 spiro atoms. The van der Waals surface area contributed by atoms with Crippen LogP contribution in [0.15, 0.2) is 140 Å². The molecule has 0 N–H and O–H groups in total. The normalized spacial score (nSPS) is 13.3. The standard InChI is InChI=1S/C40H29N/c1-40(2)35-14-8-6-12-33(35)39-38(40)37(34-13-7-9-15-36(34)41-39)28-18-16-27(17-19-28)30-21-23-31-24-29(20-22-32(31)25-30)26-10-4-3-5-11-26/h3-25H,1-2H3. The molecule has 0 bridgehead atoms. The van der Waals surface area contributed by atoms with Crippen molar-refractivity contribution in [2.24, 2.45) is 0 Å². The number of rotatable bonds is 3. The number of fused-ring (bicyclic) bond motifs is 5. The van der Waals surface area contributed by atoms with Crippen LogP contribution in [0.3, 0.4) is 0 Å². The van der Waals surface area contributed by atoms with Gasteiger partial charge in [-0.15, -0.1) is 0 Å². The van der Waals surface area contributed by atoms with E-state index in [0.29, 0.717) is 0 Å². The Morgan fingerprint density at radius 2 is 1.05 bits per heavy atom. The largest absolute Gasteiger partial charge is 0.247 e. The molecule has 0 saturated carbocycles. The van der Waals surface area contributed by atoms with Crippen molar-refractivity contribution >= 4 is 21.7 Å². The van der Waals surface area contributed by atoms with Crippen LogP contribution in [0.25, 0.3) is 66.3 Å². The Morgan fingerprint density at radius 1 is 0.488 bits per heavy atom. The molecule has 194 valence electrons. The van der Waals surface area contributed by atoms with Gasteiger partial charge in [0.15, 0.2) is 0 Å². The zero-order valence-corrected chi connectivity index (χ0v) is 23.2. The Balaban J connectivity index is 1.23. The summed E-state index contributed by atoms with van der Waals surface area (Å²) in [6, 6.07) is 50.6. The Bertz CT molecular complexity index is 2100. The van der Waals surface area contributed by atoms with E-state index in [2.05, 4.69) is 153 Å². The quantitative estimate of drug-likeness (QED) is 0.224. The highest BCUT2D eigenvalue weighted by Gasteiger charge is 2.39. The third kappa shape index (κ3) is 3.73. The zero-order chi connectivity index (χ0) is 27.6. The molecule has 1 aromatic heterocycles. The van der Waals surface area contributed by atoms with Gasteiger partial charge in [-0.1, -0.05) is 135 Å². The van der Waals surface area contributed by atoms with Crippen LogP contribution in [0, 0.1) is 0 Å². The lowest BCUT2D eigenvalue weighted by Crippen LogP contribution is -2.16. The Morgan fingerprint density at radius 3 is 1.78 bits per heavy atom. The first-order chi connectivity index (χ1) is 20.1. The monoisotopic (exact) mass is 523 g/mol. The average Bonchev–Trinajstić information content (AvgIpc) is 3.26. The minimum Gasteiger partial charge on any atom is -0.247 e. The predicted molar refractivity (Wildman–Crippen MR) is 173 cm³/mol. The summed E-state index contributed by atoms with van der Waals surface area (Å²) in [5, 5.41) is 3.72. The van der Waals surface area contributed by atoms with E-state index in [1.807, 2.05) is 0 Å². The van der Waals surface area contributed by atoms with E-state index in [4.69, 9.17) is 4.98 Å². The molecule has 6 aromatic carbocycles. The van der Waals surface area contributed by atoms with Crippen molar-refractivity contribution in [1.29, 1.82) is 0 Å². The first-order valence-corrected chi connectivity index (χ1v) is 14.3. The summed E-state index contributed by atoms with van der Waals surface area (Å²) >= 11 is 0. The minimum atomic E-state index is -0.131. The van der Waals surface area contributed by atoms with Gasteiger partial charge in [-0.25, -0.2) is 4.98 Å². The maximum absolute atomic E-state index is 5.20. The van der Waals surface area contributed by atoms with E-state index < -0.39 is 0 Å². The number of nitrogens with zero attached hydrogens (tertiary/aromatic N) is 1. The van der Waals surface area contributed by atoms with Gasteiger partial charge in [0, 0.05) is 16.4 Å². The van der Waals surface area contributed by atoms with Gasteiger partial charge < -0.3 is 0 Å². The van der Waals surface area contributed by atoms with E-state index in [1.54, 1.807) is 0 Å². The third-order valence-electron chi connectivity index (χ3n) is 8.83. The second kappa shape index (κ2) is 9.01. The fourth-order valence-corrected chi connectivity index (χ4v) is 6.75. The number of hydrogen-bond donors (Lipinski definition) is 0. The van der Waals surface area contributed by atoms with Crippen molar-refractivity contribution in [1.82, 2.24) is 4.98 Å². The molecule has 0 atom stereocenters. The summed E-state index contributed by atoms with van der Waals surface area (Å²) in [5.41, 5.74) is 13.4. The van der Waals surface area contributed by atoms with Gasteiger partial charge >= 0.3 is 0 Å². The van der Waals surface area contributed by atoms with Gasteiger partial charge in [-0.05, 0) is 73.5 Å². The van der Waals surface area contributed by atoms with E-state index in [9.17, 15) is 0 Å². The second-order valence-electron chi connectivity index (χ2n) is 11.6. The van der Waals surface area contributed by atoms with Crippen LogP contribution >= 0.6 is 0 Å². The molecule has 0 aliphatic heterocycles. The highest BCUT2D eigenvalue weighted by Crippen LogP contribution is 2.53. The molecule has 0 unspecified atom stereocenters. The molecule has 0 saturated heterocycles. The van der Waals surface area contributed by atoms with E-state index >= 15 is 0 Å². The third-order valence-corrected chi connectivity index (χ3v) is 8.83. The molecule has 1 aliphatic carbocycles. The van der Waals surface area contributed by atoms with Gasteiger partial charge in [0.25, 0.3) is 0 Å². The Kier molecular flexibility index (Phi) is 5.24. The van der Waals surface area contributed by atoms with Crippen LogP contribution in [0.2, 0.25) is 0 Å². The number of para-hydroxylation sites is 1. The number of aromatic nitrogens is 1. The van der Waals surface area contributed by atoms with Crippen molar-refractivity contribution < 1.29 is 0 Å². The average molecular weight is 524 g/mol. The molecule has 0 radical (unpaired) electrons. The van der Waals surface area contributed by atoms with Gasteiger partial charge in [-0.3, -0.25) is 0 Å². The molecular formula is C40H29N. The van der Waals surface area contributed by atoms with Gasteiger partial charge in [0.05, 0.1) is 11.2 Å². The van der Waals surface area contributed by atoms with Crippen LogP contribution in [0.4, 0.5) is 0 Å². The lowest BCUT2D eigenvalue weighted by molar-refractivity contribution is 0.662. The fourth-order valence-electron chi connectivity index (χ4n) is 6.75. The molecule has 8 rings (SSSR count). The minimum absolute atomic E-state index is 0.131. The van der Waals surface area contributed by atoms with Crippen LogP contribution < -0.4 is 0 Å². The van der Waals surface area contributed by atoms with E-state index in [-0.39, 0.29) is 5.41 Å². The van der Waals surface area contributed by atoms with Crippen LogP contribution in [0.1, 0.15) is 25.0 Å². The summed E-state index contributed by atoms with van der Waals surface area (Å²) in [5.74, 6) is 0. The van der Waals surface area contributed by atoms with Crippen molar-refractivity contribution in [3.05, 3.63) is 151 Å². The molecule has 41 heavy (non-hydrogen) atoms. The van der Waals surface area contributed by atoms with Crippen molar-refractivity contribution in [3.8, 4) is 44.6 Å². The van der Waals surface area contributed by atoms with Crippen LogP contribution in [0.5, 0.6) is 0 Å².